The third-order valence-electron chi connectivity index (χ3n) is 4.96. The van der Waals surface area contributed by atoms with Crippen LogP contribution in [-0.4, -0.2) is 41.1 Å². The molecule has 8 heteroatoms. The Morgan fingerprint density at radius 3 is 2.30 bits per heavy atom. The first-order valence-corrected chi connectivity index (χ1v) is 10.2. The van der Waals surface area contributed by atoms with Crippen molar-refractivity contribution in [3.63, 3.8) is 0 Å². The molecule has 1 aromatic carbocycles. The second kappa shape index (κ2) is 8.85. The molecule has 8 nitrogen and oxygen atoms in total. The minimum absolute atomic E-state index is 0.0112. The maximum atomic E-state index is 12.8. The van der Waals surface area contributed by atoms with Crippen LogP contribution in [0, 0.1) is 15.5 Å². The van der Waals surface area contributed by atoms with Crippen LogP contribution in [0.5, 0.6) is 0 Å². The predicted octanol–water partition coefficient (Wildman–Crippen LogP) is 5.17. The summed E-state index contributed by atoms with van der Waals surface area (Å²) in [6.45, 7) is 9.74. The van der Waals surface area contributed by atoms with Gasteiger partial charge in [0.15, 0.2) is 0 Å². The quantitative estimate of drug-likeness (QED) is 0.381. The number of rotatable bonds is 3. The molecular weight excluding hydrogens is 388 g/mol. The fourth-order valence-electron chi connectivity index (χ4n) is 3.32. The van der Waals surface area contributed by atoms with E-state index in [1.54, 1.807) is 20.8 Å². The number of benzene rings is 1. The van der Waals surface area contributed by atoms with Crippen LogP contribution in [0.15, 0.2) is 24.3 Å². The second-order valence-electron chi connectivity index (χ2n) is 8.25. The highest BCUT2D eigenvalue weighted by Gasteiger charge is 2.46. The molecule has 3 rings (SSSR count). The van der Waals surface area contributed by atoms with Crippen LogP contribution in [-0.2, 0) is 9.47 Å². The zero-order valence-electron chi connectivity index (χ0n) is 18.5. The van der Waals surface area contributed by atoms with Gasteiger partial charge in [0.1, 0.15) is 5.60 Å². The van der Waals surface area contributed by atoms with Crippen molar-refractivity contribution >= 4 is 23.4 Å². The van der Waals surface area contributed by atoms with E-state index >= 15 is 0 Å². The number of nitrogens with zero attached hydrogens (tertiary/aromatic N) is 2. The summed E-state index contributed by atoms with van der Waals surface area (Å²) in [5, 5.41) is 11.7. The van der Waals surface area contributed by atoms with Crippen LogP contribution in [0.4, 0.5) is 10.5 Å². The first-order chi connectivity index (χ1) is 14.1. The molecule has 1 aliphatic carbocycles. The van der Waals surface area contributed by atoms with E-state index in [0.29, 0.717) is 12.2 Å². The molecular formula is C22H30N2O6. The molecule has 1 fully saturated rings. The molecule has 0 unspecified atom stereocenters. The summed E-state index contributed by atoms with van der Waals surface area (Å²) in [7, 11) is 1.22. The van der Waals surface area contributed by atoms with Crippen LogP contribution >= 0.6 is 0 Å². The van der Waals surface area contributed by atoms with Gasteiger partial charge in [-0.3, -0.25) is 15.0 Å². The monoisotopic (exact) mass is 418 g/mol. The van der Waals surface area contributed by atoms with Crippen molar-refractivity contribution in [2.45, 2.75) is 59.5 Å². The molecule has 1 spiro atoms. The number of nitro groups is 1. The van der Waals surface area contributed by atoms with E-state index in [1.165, 1.54) is 30.2 Å². The molecule has 0 saturated heterocycles. The first-order valence-electron chi connectivity index (χ1n) is 10.2. The van der Waals surface area contributed by atoms with Gasteiger partial charge in [0.2, 0.25) is 0 Å². The van der Waals surface area contributed by atoms with Gasteiger partial charge in [-0.1, -0.05) is 19.9 Å². The SMILES string of the molecule is CC.COC(=O)c1ccc(C2=CC3(CCN2C(=O)OC(C)(C)C)CC3)c([N+](=O)[O-])c1. The number of amides is 1. The second-order valence-corrected chi connectivity index (χ2v) is 8.25. The third-order valence-corrected chi connectivity index (χ3v) is 4.96. The van der Waals surface area contributed by atoms with Crippen LogP contribution < -0.4 is 0 Å². The Bertz CT molecular complexity index is 865. The lowest BCUT2D eigenvalue weighted by Crippen LogP contribution is -2.39. The highest BCUT2D eigenvalue weighted by Crippen LogP contribution is 2.54. The Morgan fingerprint density at radius 2 is 1.80 bits per heavy atom. The lowest BCUT2D eigenvalue weighted by atomic mass is 9.92. The van der Waals surface area contributed by atoms with E-state index in [9.17, 15) is 19.7 Å². The maximum absolute atomic E-state index is 12.8. The average Bonchev–Trinajstić information content (AvgIpc) is 3.45. The Morgan fingerprint density at radius 1 is 1.17 bits per heavy atom. The third kappa shape index (κ3) is 5.17. The minimum atomic E-state index is -0.683. The molecule has 1 saturated carbocycles. The highest BCUT2D eigenvalue weighted by molar-refractivity contribution is 5.92. The van der Waals surface area contributed by atoms with Crippen molar-refractivity contribution in [1.82, 2.24) is 4.90 Å². The molecule has 0 radical (unpaired) electrons. The van der Waals surface area contributed by atoms with Gasteiger partial charge in [0.25, 0.3) is 5.69 Å². The van der Waals surface area contributed by atoms with Gasteiger partial charge in [-0.15, -0.1) is 0 Å². The van der Waals surface area contributed by atoms with E-state index in [-0.39, 0.29) is 22.2 Å². The molecule has 0 N–H and O–H groups in total. The Kier molecular flexibility index (Phi) is 6.90. The van der Waals surface area contributed by atoms with Gasteiger partial charge < -0.3 is 9.47 Å². The van der Waals surface area contributed by atoms with Gasteiger partial charge in [0.05, 0.1) is 28.9 Å². The summed E-state index contributed by atoms with van der Waals surface area (Å²) in [5.74, 6) is -0.657. The molecule has 1 aliphatic heterocycles. The van der Waals surface area contributed by atoms with Gasteiger partial charge in [0, 0.05) is 12.6 Å². The largest absolute Gasteiger partial charge is 0.465 e. The van der Waals surface area contributed by atoms with Crippen LogP contribution in [0.25, 0.3) is 5.70 Å². The van der Waals surface area contributed by atoms with Crippen molar-refractivity contribution in [1.29, 1.82) is 0 Å². The standard InChI is InChI=1S/C20H24N2O6.C2H6/c1-19(2,3)28-18(24)21-10-9-20(7-8-20)12-16(21)14-6-5-13(17(23)27-4)11-15(14)22(25)26;1-2/h5-6,11-12H,7-10H2,1-4H3;1-2H3. The molecule has 30 heavy (non-hydrogen) atoms. The molecule has 0 aromatic heterocycles. The highest BCUT2D eigenvalue weighted by atomic mass is 16.6. The maximum Gasteiger partial charge on any atom is 0.414 e. The molecule has 164 valence electrons. The van der Waals surface area contributed by atoms with Crippen LogP contribution in [0.2, 0.25) is 0 Å². The number of methoxy groups -OCH3 is 1. The van der Waals surface area contributed by atoms with Crippen molar-refractivity contribution < 1.29 is 24.0 Å². The van der Waals surface area contributed by atoms with Gasteiger partial charge >= 0.3 is 12.1 Å². The summed E-state index contributed by atoms with van der Waals surface area (Å²) in [5.41, 5.74) is -0.115. The number of allylic oxidation sites excluding steroid dienone is 1. The van der Waals surface area contributed by atoms with Gasteiger partial charge in [-0.2, -0.15) is 0 Å². The minimum Gasteiger partial charge on any atom is -0.465 e. The zero-order chi connectivity index (χ0) is 22.7. The van der Waals surface area contributed by atoms with Gasteiger partial charge in [-0.05, 0) is 57.6 Å². The molecule has 1 aromatic rings. The fourth-order valence-corrected chi connectivity index (χ4v) is 3.32. The van der Waals surface area contributed by atoms with Crippen molar-refractivity contribution in [2.24, 2.45) is 5.41 Å². The Labute approximate surface area is 177 Å². The number of esters is 1. The fraction of sp³-hybridized carbons (Fsp3) is 0.545. The topological polar surface area (TPSA) is 99.0 Å². The number of hydrogen-bond acceptors (Lipinski definition) is 6. The van der Waals surface area contributed by atoms with E-state index in [2.05, 4.69) is 4.74 Å². The van der Waals surface area contributed by atoms with E-state index in [4.69, 9.17) is 4.74 Å². The summed E-state index contributed by atoms with van der Waals surface area (Å²) < 4.78 is 10.2. The lowest BCUT2D eigenvalue weighted by Gasteiger charge is -2.34. The molecule has 0 atom stereocenters. The average molecular weight is 418 g/mol. The lowest BCUT2D eigenvalue weighted by molar-refractivity contribution is -0.385. The van der Waals surface area contributed by atoms with E-state index in [0.717, 1.165) is 19.3 Å². The van der Waals surface area contributed by atoms with Gasteiger partial charge in [-0.25, -0.2) is 9.59 Å². The van der Waals surface area contributed by atoms with Crippen LogP contribution in [0.3, 0.4) is 0 Å². The predicted molar refractivity (Wildman–Crippen MR) is 113 cm³/mol. The molecule has 0 bridgehead atoms. The summed E-state index contributed by atoms with van der Waals surface area (Å²) in [4.78, 5) is 37.1. The number of ether oxygens (including phenoxy) is 2. The molecule has 1 amide bonds. The van der Waals surface area contributed by atoms with E-state index in [1.807, 2.05) is 19.9 Å². The normalized spacial score (nSPS) is 16.7. The number of carbonyl (C=O) groups excluding carboxylic acids is 2. The Hall–Kier alpha value is -2.90. The van der Waals surface area contributed by atoms with Crippen molar-refractivity contribution in [2.75, 3.05) is 13.7 Å². The Balaban J connectivity index is 0.00000155. The summed E-state index contributed by atoms with van der Waals surface area (Å²) in [6, 6.07) is 4.15. The summed E-state index contributed by atoms with van der Waals surface area (Å²) in [6.07, 6.45) is 4.18. The van der Waals surface area contributed by atoms with E-state index < -0.39 is 22.6 Å². The number of nitro benzene ring substituents is 1. The molecule has 1 heterocycles. The summed E-state index contributed by atoms with van der Waals surface area (Å²) >= 11 is 0. The first kappa shape index (κ1) is 23.4. The number of hydrogen-bond donors (Lipinski definition) is 0. The van der Waals surface area contributed by atoms with Crippen molar-refractivity contribution in [3.05, 3.63) is 45.5 Å². The van der Waals surface area contributed by atoms with Crippen LogP contribution in [0.1, 0.15) is 69.8 Å². The zero-order valence-corrected chi connectivity index (χ0v) is 18.5. The smallest absolute Gasteiger partial charge is 0.414 e. The molecule has 2 aliphatic rings. The number of carbonyl (C=O) groups is 2. The van der Waals surface area contributed by atoms with Crippen molar-refractivity contribution in [3.8, 4) is 0 Å².